The van der Waals surface area contributed by atoms with Crippen molar-refractivity contribution in [2.24, 2.45) is 0 Å². The first-order chi connectivity index (χ1) is 29.0. The normalized spacial score (nSPS) is 14.6. The number of phosphoric ester groups is 1. The molecule has 1 amide bonds. The van der Waals surface area contributed by atoms with Crippen LogP contribution >= 0.6 is 7.82 Å². The summed E-state index contributed by atoms with van der Waals surface area (Å²) in [5, 5.41) is 13.8. The van der Waals surface area contributed by atoms with Crippen molar-refractivity contribution in [2.75, 3.05) is 40.9 Å². The van der Waals surface area contributed by atoms with Crippen LogP contribution in [0.25, 0.3) is 0 Å². The smallest absolute Gasteiger partial charge is 0.268 e. The predicted molar refractivity (Wildman–Crippen MR) is 256 cm³/mol. The average Bonchev–Trinajstić information content (AvgIpc) is 3.20. The molecule has 0 rings (SSSR count). The molecule has 0 saturated heterocycles. The Morgan fingerprint density at radius 1 is 0.567 bits per heavy atom. The maximum Gasteiger partial charge on any atom is 0.268 e. The van der Waals surface area contributed by atoms with Gasteiger partial charge >= 0.3 is 0 Å². The molecule has 0 heterocycles. The lowest BCUT2D eigenvalue weighted by molar-refractivity contribution is -0.870. The van der Waals surface area contributed by atoms with Crippen LogP contribution in [0.1, 0.15) is 219 Å². The minimum Gasteiger partial charge on any atom is -0.756 e. The van der Waals surface area contributed by atoms with Crippen LogP contribution < -0.4 is 10.2 Å². The number of amides is 1. The second-order valence-corrected chi connectivity index (χ2v) is 19.6. The number of quaternary nitrogens is 1. The second kappa shape index (κ2) is 42.7. The van der Waals surface area contributed by atoms with E-state index in [4.69, 9.17) is 9.05 Å². The van der Waals surface area contributed by atoms with Gasteiger partial charge < -0.3 is 28.8 Å². The van der Waals surface area contributed by atoms with E-state index in [1.807, 2.05) is 27.2 Å². The molecule has 8 nitrogen and oxygen atoms in total. The van der Waals surface area contributed by atoms with Crippen molar-refractivity contribution in [3.05, 3.63) is 48.6 Å². The molecule has 0 aromatic carbocycles. The van der Waals surface area contributed by atoms with Crippen molar-refractivity contribution in [1.82, 2.24) is 5.32 Å². The molecule has 0 aliphatic carbocycles. The molecule has 0 fully saturated rings. The van der Waals surface area contributed by atoms with E-state index in [0.717, 1.165) is 51.4 Å². The van der Waals surface area contributed by atoms with Crippen LogP contribution in [0, 0.1) is 0 Å². The van der Waals surface area contributed by atoms with Crippen molar-refractivity contribution in [1.29, 1.82) is 0 Å². The second-order valence-electron chi connectivity index (χ2n) is 18.1. The van der Waals surface area contributed by atoms with E-state index in [0.29, 0.717) is 17.4 Å². The van der Waals surface area contributed by atoms with Crippen molar-refractivity contribution >= 4 is 13.7 Å². The third kappa shape index (κ3) is 44.5. The maximum absolute atomic E-state index is 12.9. The molecule has 0 aromatic rings. The number of unbranched alkanes of at least 4 members (excludes halogenated alkanes) is 26. The summed E-state index contributed by atoms with van der Waals surface area (Å²) < 4.78 is 23.2. The molecule has 2 N–H and O–H groups in total. The Bertz CT molecular complexity index is 1120. The molecule has 0 saturated carbocycles. The van der Waals surface area contributed by atoms with E-state index in [1.165, 1.54) is 148 Å². The van der Waals surface area contributed by atoms with Crippen molar-refractivity contribution in [3.63, 3.8) is 0 Å². The van der Waals surface area contributed by atoms with Gasteiger partial charge in [0.05, 0.1) is 39.9 Å². The summed E-state index contributed by atoms with van der Waals surface area (Å²) in [6, 6.07) is -0.911. The van der Waals surface area contributed by atoms with Crippen molar-refractivity contribution in [3.8, 4) is 0 Å². The largest absolute Gasteiger partial charge is 0.756 e. The van der Waals surface area contributed by atoms with Gasteiger partial charge in [-0.05, 0) is 70.6 Å². The molecule has 3 atom stereocenters. The first kappa shape index (κ1) is 58.5. The molecule has 0 aliphatic heterocycles. The molecule has 0 radical (unpaired) electrons. The summed E-state index contributed by atoms with van der Waals surface area (Å²) in [5.41, 5.74) is 0. The molecular formula is C51H97N2O6P. The van der Waals surface area contributed by atoms with Gasteiger partial charge in [0.2, 0.25) is 5.91 Å². The highest BCUT2D eigenvalue weighted by Crippen LogP contribution is 2.38. The summed E-state index contributed by atoms with van der Waals surface area (Å²) in [5.74, 6) is -0.215. The monoisotopic (exact) mass is 865 g/mol. The van der Waals surface area contributed by atoms with Crippen LogP contribution in [0.3, 0.4) is 0 Å². The SMILES string of the molecule is CCCCCC/C=C/CC/C=C/CC/C=C/C(O)C(COP(=O)([O-])OCC[N+](C)(C)C)NC(=O)CCCCCCCCCC/C=C\CCCCCCCCCCCCCC. The Hall–Kier alpha value is -1.54. The number of allylic oxidation sites excluding steroid dienone is 7. The number of likely N-dealkylation sites (N-methyl/N-ethyl adjacent to an activating group) is 1. The van der Waals surface area contributed by atoms with Crippen LogP contribution in [0.5, 0.6) is 0 Å². The number of hydrogen-bond donors (Lipinski definition) is 2. The molecule has 0 aromatic heterocycles. The van der Waals surface area contributed by atoms with Gasteiger partial charge in [0.25, 0.3) is 7.82 Å². The zero-order chi connectivity index (χ0) is 44.3. The van der Waals surface area contributed by atoms with Crippen LogP contribution in [-0.2, 0) is 18.4 Å². The number of aliphatic hydroxyl groups excluding tert-OH is 1. The highest BCUT2D eigenvalue weighted by Gasteiger charge is 2.23. The number of carbonyl (C=O) groups is 1. The highest BCUT2D eigenvalue weighted by molar-refractivity contribution is 7.45. The Morgan fingerprint density at radius 3 is 1.37 bits per heavy atom. The number of nitrogens with zero attached hydrogens (tertiary/aromatic N) is 1. The van der Waals surface area contributed by atoms with E-state index in [2.05, 4.69) is 55.6 Å². The van der Waals surface area contributed by atoms with E-state index >= 15 is 0 Å². The molecular weight excluding hydrogens is 768 g/mol. The fourth-order valence-electron chi connectivity index (χ4n) is 7.00. The first-order valence-electron chi connectivity index (χ1n) is 25.0. The molecule has 9 heteroatoms. The van der Waals surface area contributed by atoms with Gasteiger partial charge in [-0.15, -0.1) is 0 Å². The van der Waals surface area contributed by atoms with Crippen LogP contribution in [0.2, 0.25) is 0 Å². The fraction of sp³-hybridized carbons (Fsp3) is 0.824. The minimum absolute atomic E-state index is 0.0104. The summed E-state index contributed by atoms with van der Waals surface area (Å²) in [6.45, 7) is 4.60. The number of aliphatic hydroxyl groups is 1. The lowest BCUT2D eigenvalue weighted by Crippen LogP contribution is -2.45. The summed E-state index contributed by atoms with van der Waals surface area (Å²) >= 11 is 0. The molecule has 0 bridgehead atoms. The van der Waals surface area contributed by atoms with Gasteiger partial charge in [-0.2, -0.15) is 0 Å². The summed E-state index contributed by atoms with van der Waals surface area (Å²) in [6.07, 6.45) is 54.6. The number of carbonyl (C=O) groups excluding carboxylic acids is 1. The molecule has 0 spiro atoms. The average molecular weight is 865 g/mol. The predicted octanol–water partition coefficient (Wildman–Crippen LogP) is 13.8. The van der Waals surface area contributed by atoms with Crippen LogP contribution in [0.4, 0.5) is 0 Å². The van der Waals surface area contributed by atoms with Gasteiger partial charge in [-0.3, -0.25) is 9.36 Å². The molecule has 0 aliphatic rings. The molecule has 3 unspecified atom stereocenters. The zero-order valence-corrected chi connectivity index (χ0v) is 40.8. The summed E-state index contributed by atoms with van der Waals surface area (Å²) in [4.78, 5) is 25.4. The summed E-state index contributed by atoms with van der Waals surface area (Å²) in [7, 11) is 1.23. The number of rotatable bonds is 45. The Balaban J connectivity index is 4.30. The molecule has 352 valence electrons. The van der Waals surface area contributed by atoms with Crippen molar-refractivity contribution < 1.29 is 32.9 Å². The van der Waals surface area contributed by atoms with Gasteiger partial charge in [-0.25, -0.2) is 0 Å². The Labute approximate surface area is 371 Å². The number of hydrogen-bond acceptors (Lipinski definition) is 6. The van der Waals surface area contributed by atoms with Gasteiger partial charge in [0.1, 0.15) is 13.2 Å². The topological polar surface area (TPSA) is 108 Å². The Morgan fingerprint density at radius 2 is 0.933 bits per heavy atom. The van der Waals surface area contributed by atoms with Gasteiger partial charge in [0, 0.05) is 6.42 Å². The minimum atomic E-state index is -4.60. The zero-order valence-electron chi connectivity index (χ0n) is 39.9. The van der Waals surface area contributed by atoms with Crippen molar-refractivity contribution in [2.45, 2.75) is 231 Å². The van der Waals surface area contributed by atoms with E-state index in [-0.39, 0.29) is 12.5 Å². The van der Waals surface area contributed by atoms with E-state index in [1.54, 1.807) is 6.08 Å². The van der Waals surface area contributed by atoms with Crippen LogP contribution in [-0.4, -0.2) is 68.5 Å². The standard InChI is InChI=1S/C51H97N2O6P/c1-6-8-10-12-14-16-18-20-22-23-24-25-26-27-28-29-30-31-33-35-37-39-41-43-45-51(55)52-49(48-59-60(56,57)58-47-46-53(3,4)5)50(54)44-42-40-38-36-34-32-21-19-17-15-13-11-9-7-2/h17,19,27-28,34,36,42,44,49-50,54H,6-16,18,20-26,29-33,35,37-41,43,45-48H2,1-5H3,(H-,52,55,56,57)/b19-17+,28-27-,36-34+,44-42+. The first-order valence-corrected chi connectivity index (χ1v) is 26.5. The van der Waals surface area contributed by atoms with E-state index in [9.17, 15) is 19.4 Å². The fourth-order valence-corrected chi connectivity index (χ4v) is 7.73. The van der Waals surface area contributed by atoms with Gasteiger partial charge in [-0.1, -0.05) is 191 Å². The quantitative estimate of drug-likeness (QED) is 0.0273. The highest BCUT2D eigenvalue weighted by atomic mass is 31.2. The number of nitrogens with one attached hydrogen (secondary N) is 1. The Kier molecular flexibility index (Phi) is 41.6. The van der Waals surface area contributed by atoms with E-state index < -0.39 is 26.6 Å². The third-order valence-corrected chi connectivity index (χ3v) is 12.0. The lowest BCUT2D eigenvalue weighted by Gasteiger charge is -2.29. The van der Waals surface area contributed by atoms with Crippen LogP contribution in [0.15, 0.2) is 48.6 Å². The lowest BCUT2D eigenvalue weighted by atomic mass is 10.0. The third-order valence-electron chi connectivity index (χ3n) is 11.0. The number of phosphoric acid groups is 1. The van der Waals surface area contributed by atoms with Gasteiger partial charge in [0.15, 0.2) is 0 Å². The maximum atomic E-state index is 12.9. The molecule has 60 heavy (non-hydrogen) atoms.